The summed E-state index contributed by atoms with van der Waals surface area (Å²) in [5.41, 5.74) is 2.87. The molecule has 0 radical (unpaired) electrons. The topological polar surface area (TPSA) is 71.1 Å². The fraction of sp³-hybridized carbons (Fsp3) is 0.353. The number of nitrogens with zero attached hydrogens (tertiary/aromatic N) is 1. The molecular weight excluding hydrogens is 310 g/mol. The van der Waals surface area contributed by atoms with Gasteiger partial charge in [0, 0.05) is 23.4 Å². The molecule has 1 aliphatic carbocycles. The van der Waals surface area contributed by atoms with Gasteiger partial charge in [0.25, 0.3) is 0 Å². The Morgan fingerprint density at radius 1 is 1.35 bits per heavy atom. The lowest BCUT2D eigenvalue weighted by molar-refractivity contribution is -0.125. The van der Waals surface area contributed by atoms with E-state index in [9.17, 15) is 9.59 Å². The van der Waals surface area contributed by atoms with E-state index in [0.29, 0.717) is 12.5 Å². The summed E-state index contributed by atoms with van der Waals surface area (Å²) in [4.78, 5) is 28.7. The number of hydrogen-bond donors (Lipinski definition) is 2. The first kappa shape index (κ1) is 14.4. The molecule has 1 atom stereocenters. The Labute approximate surface area is 138 Å². The van der Waals surface area contributed by atoms with Crippen molar-refractivity contribution in [3.05, 3.63) is 45.9 Å². The normalized spacial score (nSPS) is 19.3. The van der Waals surface area contributed by atoms with Crippen LogP contribution in [0.2, 0.25) is 0 Å². The molecule has 0 bridgehead atoms. The van der Waals surface area contributed by atoms with Crippen molar-refractivity contribution in [2.45, 2.75) is 37.6 Å². The first-order valence-corrected chi connectivity index (χ1v) is 8.69. The van der Waals surface area contributed by atoms with Crippen LogP contribution in [0.5, 0.6) is 0 Å². The van der Waals surface area contributed by atoms with E-state index in [2.05, 4.69) is 21.0 Å². The zero-order valence-corrected chi connectivity index (χ0v) is 13.4. The lowest BCUT2D eigenvalue weighted by Crippen LogP contribution is -2.26. The number of carbonyl (C=O) groups is 2. The Kier molecular flexibility index (Phi) is 3.61. The van der Waals surface area contributed by atoms with Gasteiger partial charge in [0.2, 0.25) is 11.8 Å². The van der Waals surface area contributed by atoms with Crippen LogP contribution in [-0.4, -0.2) is 16.8 Å². The molecule has 1 unspecified atom stereocenters. The number of para-hydroxylation sites is 1. The molecule has 1 aromatic heterocycles. The quantitative estimate of drug-likeness (QED) is 0.887. The maximum absolute atomic E-state index is 12.2. The molecule has 0 saturated heterocycles. The first-order valence-electron chi connectivity index (χ1n) is 7.81. The first-order chi connectivity index (χ1) is 11.2. The Bertz CT molecular complexity index is 767. The summed E-state index contributed by atoms with van der Waals surface area (Å²) in [6.45, 7) is 0.437. The van der Waals surface area contributed by atoms with Gasteiger partial charge < -0.3 is 10.6 Å². The van der Waals surface area contributed by atoms with Crippen LogP contribution in [0.4, 0.5) is 5.69 Å². The van der Waals surface area contributed by atoms with Gasteiger partial charge in [-0.3, -0.25) is 9.59 Å². The predicted molar refractivity (Wildman–Crippen MR) is 88.4 cm³/mol. The Balaban J connectivity index is 1.35. The van der Waals surface area contributed by atoms with Crippen LogP contribution in [0.1, 0.15) is 47.4 Å². The van der Waals surface area contributed by atoms with Crippen molar-refractivity contribution in [1.29, 1.82) is 0 Å². The molecule has 2 aromatic rings. The fourth-order valence-corrected chi connectivity index (χ4v) is 3.70. The number of aromatic nitrogens is 1. The highest BCUT2D eigenvalue weighted by Crippen LogP contribution is 2.40. The molecule has 6 heteroatoms. The highest BCUT2D eigenvalue weighted by Gasteiger charge is 2.32. The van der Waals surface area contributed by atoms with E-state index in [0.717, 1.165) is 22.0 Å². The Morgan fingerprint density at radius 2 is 2.17 bits per heavy atom. The van der Waals surface area contributed by atoms with Gasteiger partial charge in [0.05, 0.1) is 18.2 Å². The molecule has 1 saturated carbocycles. The maximum atomic E-state index is 12.2. The Hall–Kier alpha value is -2.21. The number of fused-ring (bicyclic) bond motifs is 1. The minimum Gasteiger partial charge on any atom is -0.350 e. The number of thiazole rings is 1. The van der Waals surface area contributed by atoms with Crippen LogP contribution in [0, 0.1) is 0 Å². The molecule has 1 aromatic carbocycles. The summed E-state index contributed by atoms with van der Waals surface area (Å²) in [6.07, 6.45) is 2.63. The predicted octanol–water partition coefficient (Wildman–Crippen LogP) is 2.76. The number of anilines is 1. The van der Waals surface area contributed by atoms with Gasteiger partial charge in [0.15, 0.2) is 0 Å². The average Bonchev–Trinajstić information content (AvgIpc) is 3.21. The van der Waals surface area contributed by atoms with Crippen molar-refractivity contribution < 1.29 is 9.59 Å². The van der Waals surface area contributed by atoms with E-state index < -0.39 is 5.92 Å². The number of carbonyl (C=O) groups excluding carboxylic acids is 2. The molecule has 0 spiro atoms. The van der Waals surface area contributed by atoms with Crippen molar-refractivity contribution in [2.75, 3.05) is 5.32 Å². The van der Waals surface area contributed by atoms with E-state index in [1.165, 1.54) is 12.8 Å². The standard InChI is InChI=1S/C17H17N3O2S/c21-15(18-8-16-19-14(9-23-16)10-5-6-10)7-12-11-3-1-2-4-13(11)20-17(12)22/h1-4,9-10,12H,5-8H2,(H,18,21)(H,20,22). The third-order valence-corrected chi connectivity index (χ3v) is 5.17. The molecule has 2 amide bonds. The lowest BCUT2D eigenvalue weighted by Gasteiger charge is -2.08. The molecule has 4 rings (SSSR count). The molecule has 2 N–H and O–H groups in total. The van der Waals surface area contributed by atoms with Crippen molar-refractivity contribution in [2.24, 2.45) is 0 Å². The SMILES string of the molecule is O=C(CC1C(=O)Nc2ccccc21)NCc1nc(C2CC2)cs1. The molecule has 2 aliphatic rings. The zero-order chi connectivity index (χ0) is 15.8. The number of rotatable bonds is 5. The van der Waals surface area contributed by atoms with Gasteiger partial charge >= 0.3 is 0 Å². The van der Waals surface area contributed by atoms with Gasteiger partial charge in [-0.05, 0) is 24.5 Å². The van der Waals surface area contributed by atoms with Gasteiger partial charge in [-0.25, -0.2) is 4.98 Å². The summed E-state index contributed by atoms with van der Waals surface area (Å²) in [5, 5.41) is 8.71. The summed E-state index contributed by atoms with van der Waals surface area (Å²) in [7, 11) is 0. The minimum atomic E-state index is -0.399. The molecule has 1 aliphatic heterocycles. The molecule has 2 heterocycles. The molecular formula is C17H17N3O2S. The second-order valence-electron chi connectivity index (χ2n) is 6.05. The number of nitrogens with one attached hydrogen (secondary N) is 2. The largest absolute Gasteiger partial charge is 0.350 e. The molecule has 1 fully saturated rings. The second-order valence-corrected chi connectivity index (χ2v) is 6.99. The van der Waals surface area contributed by atoms with E-state index >= 15 is 0 Å². The highest BCUT2D eigenvalue weighted by atomic mass is 32.1. The molecule has 118 valence electrons. The van der Waals surface area contributed by atoms with Crippen LogP contribution >= 0.6 is 11.3 Å². The van der Waals surface area contributed by atoms with E-state index in [1.807, 2.05) is 24.3 Å². The zero-order valence-electron chi connectivity index (χ0n) is 12.5. The molecule has 5 nitrogen and oxygen atoms in total. The van der Waals surface area contributed by atoms with Crippen LogP contribution < -0.4 is 10.6 Å². The van der Waals surface area contributed by atoms with Crippen molar-refractivity contribution >= 4 is 28.8 Å². The summed E-state index contributed by atoms with van der Waals surface area (Å²) in [6, 6.07) is 7.52. The highest BCUT2D eigenvalue weighted by molar-refractivity contribution is 7.09. The van der Waals surface area contributed by atoms with Crippen molar-refractivity contribution in [3.63, 3.8) is 0 Å². The molecule has 23 heavy (non-hydrogen) atoms. The van der Waals surface area contributed by atoms with Crippen LogP contribution in [0.15, 0.2) is 29.6 Å². The maximum Gasteiger partial charge on any atom is 0.232 e. The van der Waals surface area contributed by atoms with Crippen molar-refractivity contribution in [1.82, 2.24) is 10.3 Å². The summed E-state index contributed by atoms with van der Waals surface area (Å²) in [5.74, 6) is 0.00977. The van der Waals surface area contributed by atoms with Gasteiger partial charge in [-0.15, -0.1) is 11.3 Å². The van der Waals surface area contributed by atoms with Crippen LogP contribution in [-0.2, 0) is 16.1 Å². The Morgan fingerprint density at radius 3 is 3.00 bits per heavy atom. The number of amides is 2. The van der Waals surface area contributed by atoms with E-state index in [1.54, 1.807) is 11.3 Å². The minimum absolute atomic E-state index is 0.105. The van der Waals surface area contributed by atoms with Crippen LogP contribution in [0.3, 0.4) is 0 Å². The van der Waals surface area contributed by atoms with Gasteiger partial charge in [-0.1, -0.05) is 18.2 Å². The third kappa shape index (κ3) is 2.99. The van der Waals surface area contributed by atoms with Crippen molar-refractivity contribution in [3.8, 4) is 0 Å². The smallest absolute Gasteiger partial charge is 0.232 e. The second kappa shape index (κ2) is 5.77. The number of hydrogen-bond acceptors (Lipinski definition) is 4. The average molecular weight is 327 g/mol. The lowest BCUT2D eigenvalue weighted by atomic mass is 9.97. The fourth-order valence-electron chi connectivity index (χ4n) is 2.88. The third-order valence-electron chi connectivity index (χ3n) is 4.30. The summed E-state index contributed by atoms with van der Waals surface area (Å²) < 4.78 is 0. The monoisotopic (exact) mass is 327 g/mol. The van der Waals surface area contributed by atoms with Crippen LogP contribution in [0.25, 0.3) is 0 Å². The van der Waals surface area contributed by atoms with E-state index in [-0.39, 0.29) is 18.2 Å². The number of benzene rings is 1. The van der Waals surface area contributed by atoms with Gasteiger partial charge in [-0.2, -0.15) is 0 Å². The summed E-state index contributed by atoms with van der Waals surface area (Å²) >= 11 is 1.59. The van der Waals surface area contributed by atoms with Gasteiger partial charge in [0.1, 0.15) is 5.01 Å². The van der Waals surface area contributed by atoms with E-state index in [4.69, 9.17) is 0 Å².